The average Bonchev–Trinajstić information content (AvgIpc) is 2.71. The Hall–Kier alpha value is -0.940. The van der Waals surface area contributed by atoms with Crippen molar-refractivity contribution in [2.75, 3.05) is 5.32 Å². The van der Waals surface area contributed by atoms with Gasteiger partial charge in [0, 0.05) is 21.3 Å². The highest BCUT2D eigenvalue weighted by atomic mass is 32.1. The molecular weight excluding hydrogens is 202 g/mol. The van der Waals surface area contributed by atoms with Crippen LogP contribution in [0.3, 0.4) is 0 Å². The van der Waals surface area contributed by atoms with E-state index in [2.05, 4.69) is 33.7 Å². The Morgan fingerprint density at radius 2 is 2.38 bits per heavy atom. The molecule has 0 saturated heterocycles. The largest absolute Gasteiger partial charge is 0.355 e. The summed E-state index contributed by atoms with van der Waals surface area (Å²) < 4.78 is 3.91. The van der Waals surface area contributed by atoms with Gasteiger partial charge in [0.2, 0.25) is 5.13 Å². The highest BCUT2D eigenvalue weighted by molar-refractivity contribution is 7.12. The Labute approximate surface area is 84.6 Å². The minimum atomic E-state index is 0.841. The van der Waals surface area contributed by atoms with Crippen molar-refractivity contribution in [3.05, 3.63) is 28.2 Å². The van der Waals surface area contributed by atoms with E-state index < -0.39 is 0 Å². The first-order valence-corrected chi connectivity index (χ1v) is 5.49. The van der Waals surface area contributed by atoms with E-state index in [1.54, 1.807) is 17.7 Å². The highest BCUT2D eigenvalue weighted by Gasteiger charge is 1.98. The van der Waals surface area contributed by atoms with Gasteiger partial charge in [-0.2, -0.15) is 4.37 Å². The minimum Gasteiger partial charge on any atom is -0.355 e. The fourth-order valence-corrected chi connectivity index (χ4v) is 2.25. The maximum Gasteiger partial charge on any atom is 0.202 e. The van der Waals surface area contributed by atoms with Gasteiger partial charge in [0.1, 0.15) is 6.33 Å². The van der Waals surface area contributed by atoms with Gasteiger partial charge in [0.25, 0.3) is 0 Å². The number of anilines is 1. The molecule has 0 aliphatic carbocycles. The number of rotatable bonds is 3. The van der Waals surface area contributed by atoms with Crippen LogP contribution in [0, 0.1) is 6.92 Å². The van der Waals surface area contributed by atoms with Crippen LogP contribution < -0.4 is 5.32 Å². The fraction of sp³-hybridized carbons (Fsp3) is 0.250. The molecule has 0 fully saturated rings. The number of thiophene rings is 1. The van der Waals surface area contributed by atoms with Crippen molar-refractivity contribution < 1.29 is 0 Å². The van der Waals surface area contributed by atoms with Gasteiger partial charge in [-0.15, -0.1) is 11.3 Å². The van der Waals surface area contributed by atoms with Gasteiger partial charge in [-0.3, -0.25) is 0 Å². The first-order chi connectivity index (χ1) is 6.34. The second-order valence-corrected chi connectivity index (χ2v) is 4.76. The van der Waals surface area contributed by atoms with Crippen molar-refractivity contribution in [3.63, 3.8) is 0 Å². The fourth-order valence-electron chi connectivity index (χ4n) is 0.994. The van der Waals surface area contributed by atoms with Crippen LogP contribution in [0.15, 0.2) is 18.5 Å². The summed E-state index contributed by atoms with van der Waals surface area (Å²) in [6.45, 7) is 2.95. The van der Waals surface area contributed by atoms with E-state index in [-0.39, 0.29) is 0 Å². The lowest BCUT2D eigenvalue weighted by Crippen LogP contribution is -1.95. The summed E-state index contributed by atoms with van der Waals surface area (Å²) in [4.78, 5) is 6.71. The number of aromatic nitrogens is 2. The lowest BCUT2D eigenvalue weighted by Gasteiger charge is -1.97. The van der Waals surface area contributed by atoms with Crippen molar-refractivity contribution >= 4 is 28.0 Å². The van der Waals surface area contributed by atoms with E-state index in [4.69, 9.17) is 0 Å². The molecule has 0 spiro atoms. The van der Waals surface area contributed by atoms with Gasteiger partial charge in [-0.25, -0.2) is 4.98 Å². The van der Waals surface area contributed by atoms with Gasteiger partial charge in [0.05, 0.1) is 6.54 Å². The molecule has 1 N–H and O–H groups in total. The van der Waals surface area contributed by atoms with Gasteiger partial charge in [-0.05, 0) is 19.1 Å². The third-order valence-electron chi connectivity index (χ3n) is 1.57. The summed E-state index contributed by atoms with van der Waals surface area (Å²) in [6.07, 6.45) is 1.56. The van der Waals surface area contributed by atoms with Crippen LogP contribution in [0.4, 0.5) is 5.13 Å². The summed E-state index contributed by atoms with van der Waals surface area (Å²) >= 11 is 3.18. The molecule has 0 aliphatic rings. The zero-order valence-electron chi connectivity index (χ0n) is 7.15. The Balaban J connectivity index is 1.93. The van der Waals surface area contributed by atoms with Crippen LogP contribution in [0.25, 0.3) is 0 Å². The van der Waals surface area contributed by atoms with E-state index in [9.17, 15) is 0 Å². The molecule has 0 atom stereocenters. The molecule has 2 heterocycles. The molecule has 0 aromatic carbocycles. The highest BCUT2D eigenvalue weighted by Crippen LogP contribution is 2.17. The Morgan fingerprint density at radius 3 is 3.00 bits per heavy atom. The van der Waals surface area contributed by atoms with Gasteiger partial charge in [0.15, 0.2) is 0 Å². The van der Waals surface area contributed by atoms with Crippen LogP contribution >= 0.6 is 22.9 Å². The SMILES string of the molecule is Cc1ccc(CNc2ncns2)s1. The average molecular weight is 211 g/mol. The number of aryl methyl sites for hydroxylation is 1. The second kappa shape index (κ2) is 3.85. The molecule has 68 valence electrons. The van der Waals surface area contributed by atoms with Crippen LogP contribution in [0.1, 0.15) is 9.75 Å². The molecule has 2 rings (SSSR count). The molecule has 2 aromatic rings. The number of hydrogen-bond acceptors (Lipinski definition) is 5. The molecule has 0 bridgehead atoms. The van der Waals surface area contributed by atoms with Crippen LogP contribution in [-0.2, 0) is 6.54 Å². The number of nitrogens with zero attached hydrogens (tertiary/aromatic N) is 2. The van der Waals surface area contributed by atoms with Crippen LogP contribution in [0.5, 0.6) is 0 Å². The molecule has 2 aromatic heterocycles. The van der Waals surface area contributed by atoms with E-state index in [1.165, 1.54) is 21.3 Å². The molecule has 5 heteroatoms. The zero-order chi connectivity index (χ0) is 9.10. The lowest BCUT2D eigenvalue weighted by atomic mass is 10.4. The zero-order valence-corrected chi connectivity index (χ0v) is 8.78. The van der Waals surface area contributed by atoms with Crippen LogP contribution in [-0.4, -0.2) is 9.36 Å². The summed E-state index contributed by atoms with van der Waals surface area (Å²) in [6, 6.07) is 4.26. The normalized spacial score (nSPS) is 10.2. The van der Waals surface area contributed by atoms with Gasteiger partial charge >= 0.3 is 0 Å². The molecule has 0 aliphatic heterocycles. The molecule has 0 saturated carbocycles. The maximum absolute atomic E-state index is 4.04. The topological polar surface area (TPSA) is 37.8 Å². The van der Waals surface area contributed by atoms with Crippen molar-refractivity contribution in [1.82, 2.24) is 9.36 Å². The van der Waals surface area contributed by atoms with E-state index in [0.717, 1.165) is 11.7 Å². The van der Waals surface area contributed by atoms with Gasteiger partial charge < -0.3 is 5.32 Å². The minimum absolute atomic E-state index is 0.841. The summed E-state index contributed by atoms with van der Waals surface area (Å²) in [5, 5.41) is 4.09. The molecule has 0 amide bonds. The van der Waals surface area contributed by atoms with Crippen LogP contribution in [0.2, 0.25) is 0 Å². The first-order valence-electron chi connectivity index (χ1n) is 3.90. The van der Waals surface area contributed by atoms with Crippen molar-refractivity contribution in [2.24, 2.45) is 0 Å². The lowest BCUT2D eigenvalue weighted by molar-refractivity contribution is 1.17. The summed E-state index contributed by atoms with van der Waals surface area (Å²) in [7, 11) is 0. The smallest absolute Gasteiger partial charge is 0.202 e. The molecule has 0 radical (unpaired) electrons. The molecule has 3 nitrogen and oxygen atoms in total. The Bertz CT molecular complexity index is 366. The quantitative estimate of drug-likeness (QED) is 0.847. The third-order valence-corrected chi connectivity index (χ3v) is 3.19. The predicted molar refractivity (Wildman–Crippen MR) is 56.3 cm³/mol. The second-order valence-electron chi connectivity index (χ2n) is 2.61. The summed E-state index contributed by atoms with van der Waals surface area (Å²) in [5.41, 5.74) is 0. The molecular formula is C8H9N3S2. The van der Waals surface area contributed by atoms with E-state index in [1.807, 2.05) is 0 Å². The van der Waals surface area contributed by atoms with Gasteiger partial charge in [-0.1, -0.05) is 0 Å². The maximum atomic E-state index is 4.04. The van der Waals surface area contributed by atoms with Crippen molar-refractivity contribution in [1.29, 1.82) is 0 Å². The predicted octanol–water partition coefficient (Wildman–Crippen LogP) is 2.52. The van der Waals surface area contributed by atoms with E-state index >= 15 is 0 Å². The monoisotopic (exact) mass is 211 g/mol. The summed E-state index contributed by atoms with van der Waals surface area (Å²) in [5.74, 6) is 0. The first kappa shape index (κ1) is 8.65. The number of hydrogen-bond donors (Lipinski definition) is 1. The van der Waals surface area contributed by atoms with E-state index in [0.29, 0.717) is 0 Å². The Morgan fingerprint density at radius 1 is 1.46 bits per heavy atom. The molecule has 0 unspecified atom stereocenters. The Kier molecular flexibility index (Phi) is 2.56. The standard InChI is InChI=1S/C8H9N3S2/c1-6-2-3-7(12-6)4-9-8-10-5-11-13-8/h2-3,5H,4H2,1H3,(H,9,10,11). The van der Waals surface area contributed by atoms with Crippen molar-refractivity contribution in [2.45, 2.75) is 13.5 Å². The third kappa shape index (κ3) is 2.26. The number of nitrogens with one attached hydrogen (secondary N) is 1. The molecule has 13 heavy (non-hydrogen) atoms. The van der Waals surface area contributed by atoms with Crippen molar-refractivity contribution in [3.8, 4) is 0 Å².